The minimum absolute atomic E-state index is 0.0744. The lowest BCUT2D eigenvalue weighted by atomic mass is 9.78. The Bertz CT molecular complexity index is 463. The Morgan fingerprint density at radius 1 is 1.22 bits per heavy atom. The molecule has 0 saturated carbocycles. The van der Waals surface area contributed by atoms with Crippen LogP contribution in [0.1, 0.15) is 24.8 Å². The monoisotopic (exact) mass is 244 g/mol. The standard InChI is InChI=1S/C15H20N2O/c1-12-3-2-4-13(11-12)17-10-7-15(14(17)18)5-8-16-9-6-15/h2-4,11,16H,5-10H2,1H3. The van der Waals surface area contributed by atoms with Gasteiger partial charge >= 0.3 is 0 Å². The van der Waals surface area contributed by atoms with Crippen LogP contribution in [0, 0.1) is 12.3 Å². The summed E-state index contributed by atoms with van der Waals surface area (Å²) in [4.78, 5) is 14.7. The highest BCUT2D eigenvalue weighted by molar-refractivity contribution is 6.00. The lowest BCUT2D eigenvalue weighted by molar-refractivity contribution is -0.126. The van der Waals surface area contributed by atoms with Crippen molar-refractivity contribution in [2.75, 3.05) is 24.5 Å². The molecule has 3 nitrogen and oxygen atoms in total. The second-order valence-corrected chi connectivity index (χ2v) is 5.58. The molecule has 0 aliphatic carbocycles. The van der Waals surface area contributed by atoms with E-state index < -0.39 is 0 Å². The van der Waals surface area contributed by atoms with Crippen molar-refractivity contribution in [2.45, 2.75) is 26.2 Å². The first-order valence-corrected chi connectivity index (χ1v) is 6.81. The summed E-state index contributed by atoms with van der Waals surface area (Å²) >= 11 is 0. The zero-order chi connectivity index (χ0) is 12.6. The number of amides is 1. The van der Waals surface area contributed by atoms with Gasteiger partial charge in [-0.25, -0.2) is 0 Å². The van der Waals surface area contributed by atoms with Gasteiger partial charge in [0.25, 0.3) is 0 Å². The van der Waals surface area contributed by atoms with E-state index in [9.17, 15) is 4.79 Å². The molecular weight excluding hydrogens is 224 g/mol. The first kappa shape index (κ1) is 11.7. The number of piperidine rings is 1. The molecule has 1 aromatic carbocycles. The van der Waals surface area contributed by atoms with Crippen LogP contribution in [0.5, 0.6) is 0 Å². The van der Waals surface area contributed by atoms with E-state index >= 15 is 0 Å². The average molecular weight is 244 g/mol. The van der Waals surface area contributed by atoms with Crippen LogP contribution in [-0.2, 0) is 4.79 Å². The van der Waals surface area contributed by atoms with Gasteiger partial charge in [-0.3, -0.25) is 4.79 Å². The fourth-order valence-corrected chi connectivity index (χ4v) is 3.23. The van der Waals surface area contributed by atoms with Crippen molar-refractivity contribution in [1.82, 2.24) is 5.32 Å². The maximum atomic E-state index is 12.7. The Labute approximate surface area is 108 Å². The van der Waals surface area contributed by atoms with Crippen LogP contribution in [-0.4, -0.2) is 25.5 Å². The van der Waals surface area contributed by atoms with Gasteiger partial charge in [0, 0.05) is 12.2 Å². The molecule has 2 aliphatic heterocycles. The molecule has 2 heterocycles. The maximum absolute atomic E-state index is 12.7. The summed E-state index contributed by atoms with van der Waals surface area (Å²) < 4.78 is 0. The Kier molecular flexibility index (Phi) is 2.86. The molecule has 0 bridgehead atoms. The van der Waals surface area contributed by atoms with Crippen molar-refractivity contribution in [3.05, 3.63) is 29.8 Å². The number of carbonyl (C=O) groups excluding carboxylic acids is 1. The van der Waals surface area contributed by atoms with Crippen molar-refractivity contribution < 1.29 is 4.79 Å². The minimum Gasteiger partial charge on any atom is -0.317 e. The second-order valence-electron chi connectivity index (χ2n) is 5.58. The largest absolute Gasteiger partial charge is 0.317 e. The van der Waals surface area contributed by atoms with E-state index in [0.717, 1.165) is 44.6 Å². The molecule has 2 aliphatic rings. The van der Waals surface area contributed by atoms with Gasteiger partial charge in [-0.05, 0) is 57.0 Å². The summed E-state index contributed by atoms with van der Waals surface area (Å²) in [6.07, 6.45) is 3.00. The zero-order valence-electron chi connectivity index (χ0n) is 10.9. The van der Waals surface area contributed by atoms with Crippen LogP contribution in [0.2, 0.25) is 0 Å². The van der Waals surface area contributed by atoms with Crippen molar-refractivity contribution in [2.24, 2.45) is 5.41 Å². The predicted molar refractivity (Wildman–Crippen MR) is 72.7 cm³/mol. The van der Waals surface area contributed by atoms with Crippen molar-refractivity contribution in [1.29, 1.82) is 0 Å². The van der Waals surface area contributed by atoms with Crippen LogP contribution in [0.4, 0.5) is 5.69 Å². The number of nitrogens with zero attached hydrogens (tertiary/aromatic N) is 1. The van der Waals surface area contributed by atoms with Gasteiger partial charge in [-0.2, -0.15) is 0 Å². The van der Waals surface area contributed by atoms with Gasteiger partial charge in [0.1, 0.15) is 0 Å². The number of anilines is 1. The molecule has 1 N–H and O–H groups in total. The van der Waals surface area contributed by atoms with E-state index in [2.05, 4.69) is 24.4 Å². The molecular formula is C15H20N2O. The summed E-state index contributed by atoms with van der Waals surface area (Å²) in [6, 6.07) is 8.26. The number of nitrogens with one attached hydrogen (secondary N) is 1. The number of hydrogen-bond acceptors (Lipinski definition) is 2. The summed E-state index contributed by atoms with van der Waals surface area (Å²) in [5, 5.41) is 3.35. The van der Waals surface area contributed by atoms with Crippen LogP contribution < -0.4 is 10.2 Å². The lowest BCUT2D eigenvalue weighted by Crippen LogP contribution is -2.42. The van der Waals surface area contributed by atoms with Gasteiger partial charge < -0.3 is 10.2 Å². The van der Waals surface area contributed by atoms with Crippen molar-refractivity contribution in [3.8, 4) is 0 Å². The Balaban J connectivity index is 1.86. The second kappa shape index (κ2) is 4.39. The first-order valence-electron chi connectivity index (χ1n) is 6.81. The fourth-order valence-electron chi connectivity index (χ4n) is 3.23. The third-order valence-electron chi connectivity index (χ3n) is 4.39. The van der Waals surface area contributed by atoms with Crippen LogP contribution in [0.3, 0.4) is 0 Å². The van der Waals surface area contributed by atoms with E-state index in [4.69, 9.17) is 0 Å². The SMILES string of the molecule is Cc1cccc(N2CCC3(CCNCC3)C2=O)c1. The molecule has 0 radical (unpaired) electrons. The molecule has 0 atom stereocenters. The van der Waals surface area contributed by atoms with Gasteiger partial charge in [-0.1, -0.05) is 12.1 Å². The predicted octanol–water partition coefficient (Wildman–Crippen LogP) is 2.10. The average Bonchev–Trinajstić information content (AvgIpc) is 2.68. The molecule has 3 heteroatoms. The first-order chi connectivity index (χ1) is 8.71. The molecule has 1 aromatic rings. The summed E-state index contributed by atoms with van der Waals surface area (Å²) in [6.45, 7) is 4.91. The summed E-state index contributed by atoms with van der Waals surface area (Å²) in [7, 11) is 0. The van der Waals surface area contributed by atoms with E-state index in [1.165, 1.54) is 5.56 Å². The van der Waals surface area contributed by atoms with E-state index in [1.807, 2.05) is 17.0 Å². The number of benzene rings is 1. The smallest absolute Gasteiger partial charge is 0.233 e. The molecule has 0 unspecified atom stereocenters. The molecule has 2 saturated heterocycles. The zero-order valence-corrected chi connectivity index (χ0v) is 10.9. The number of hydrogen-bond donors (Lipinski definition) is 1. The molecule has 0 aromatic heterocycles. The van der Waals surface area contributed by atoms with Crippen LogP contribution >= 0.6 is 0 Å². The van der Waals surface area contributed by atoms with Crippen molar-refractivity contribution >= 4 is 11.6 Å². The number of carbonyl (C=O) groups is 1. The fraction of sp³-hybridized carbons (Fsp3) is 0.533. The number of rotatable bonds is 1. The normalized spacial score (nSPS) is 22.7. The Hall–Kier alpha value is -1.35. The third-order valence-corrected chi connectivity index (χ3v) is 4.39. The topological polar surface area (TPSA) is 32.3 Å². The lowest BCUT2D eigenvalue weighted by Gasteiger charge is -2.32. The highest BCUT2D eigenvalue weighted by Gasteiger charge is 2.47. The van der Waals surface area contributed by atoms with E-state index in [1.54, 1.807) is 0 Å². The molecule has 3 rings (SSSR count). The van der Waals surface area contributed by atoms with E-state index in [-0.39, 0.29) is 5.41 Å². The van der Waals surface area contributed by atoms with Gasteiger partial charge in [0.2, 0.25) is 5.91 Å². The molecule has 96 valence electrons. The van der Waals surface area contributed by atoms with Gasteiger partial charge in [0.15, 0.2) is 0 Å². The minimum atomic E-state index is -0.0744. The highest BCUT2D eigenvalue weighted by atomic mass is 16.2. The maximum Gasteiger partial charge on any atom is 0.233 e. The quantitative estimate of drug-likeness (QED) is 0.820. The number of aryl methyl sites for hydroxylation is 1. The van der Waals surface area contributed by atoms with Gasteiger partial charge in [0.05, 0.1) is 5.41 Å². The molecule has 1 spiro atoms. The van der Waals surface area contributed by atoms with Crippen LogP contribution in [0.25, 0.3) is 0 Å². The van der Waals surface area contributed by atoms with Crippen molar-refractivity contribution in [3.63, 3.8) is 0 Å². The highest BCUT2D eigenvalue weighted by Crippen LogP contribution is 2.41. The van der Waals surface area contributed by atoms with E-state index in [0.29, 0.717) is 5.91 Å². The van der Waals surface area contributed by atoms with Crippen LogP contribution in [0.15, 0.2) is 24.3 Å². The van der Waals surface area contributed by atoms with Gasteiger partial charge in [-0.15, -0.1) is 0 Å². The summed E-state index contributed by atoms with van der Waals surface area (Å²) in [5.41, 5.74) is 2.21. The summed E-state index contributed by atoms with van der Waals surface area (Å²) in [5.74, 6) is 0.342. The molecule has 2 fully saturated rings. The molecule has 1 amide bonds. The Morgan fingerprint density at radius 2 is 2.00 bits per heavy atom. The third kappa shape index (κ3) is 1.83. The molecule has 18 heavy (non-hydrogen) atoms. The Morgan fingerprint density at radius 3 is 2.72 bits per heavy atom.